The van der Waals surface area contributed by atoms with Crippen molar-refractivity contribution in [1.29, 1.82) is 0 Å². The van der Waals surface area contributed by atoms with Gasteiger partial charge >= 0.3 is 0 Å². The van der Waals surface area contributed by atoms with Crippen molar-refractivity contribution in [3.8, 4) is 0 Å². The maximum atomic E-state index is 5.84. The fourth-order valence-corrected chi connectivity index (χ4v) is 2.06. The van der Waals surface area contributed by atoms with Gasteiger partial charge in [0.05, 0.1) is 0 Å². The third-order valence-corrected chi connectivity index (χ3v) is 3.28. The van der Waals surface area contributed by atoms with Crippen LogP contribution < -0.4 is 5.73 Å². The molecule has 1 aliphatic carbocycles. The van der Waals surface area contributed by atoms with E-state index in [-0.39, 0.29) is 0 Å². The minimum absolute atomic E-state index is 0.639. The van der Waals surface area contributed by atoms with Crippen LogP contribution in [-0.4, -0.2) is 30.6 Å². The number of nitrogens with zero attached hydrogens (tertiary/aromatic N) is 1. The van der Waals surface area contributed by atoms with Crippen LogP contribution in [0, 0.1) is 5.92 Å². The summed E-state index contributed by atoms with van der Waals surface area (Å²) in [6.45, 7) is 7.81. The van der Waals surface area contributed by atoms with E-state index in [2.05, 4.69) is 18.7 Å². The van der Waals surface area contributed by atoms with Gasteiger partial charge < -0.3 is 5.73 Å². The first-order valence-corrected chi connectivity index (χ1v) is 6.25. The Morgan fingerprint density at radius 1 is 1.36 bits per heavy atom. The monoisotopic (exact) mass is 198 g/mol. The summed E-state index contributed by atoms with van der Waals surface area (Å²) < 4.78 is 0. The molecule has 0 aromatic rings. The average Bonchev–Trinajstić information content (AvgIpc) is 3.00. The molecule has 1 aliphatic rings. The lowest BCUT2D eigenvalue weighted by atomic mass is 10.1. The normalized spacial score (nSPS) is 18.9. The van der Waals surface area contributed by atoms with Crippen LogP contribution in [0.5, 0.6) is 0 Å². The molecular formula is C12H26N2. The zero-order valence-electron chi connectivity index (χ0n) is 9.84. The Balaban J connectivity index is 2.28. The SMILES string of the molecule is CCCCC(CN)N(CC)CC1CC1. The van der Waals surface area contributed by atoms with Crippen molar-refractivity contribution in [2.75, 3.05) is 19.6 Å². The van der Waals surface area contributed by atoms with Gasteiger partial charge in [0.1, 0.15) is 0 Å². The summed E-state index contributed by atoms with van der Waals surface area (Å²) in [6.07, 6.45) is 6.79. The van der Waals surface area contributed by atoms with E-state index in [1.54, 1.807) is 0 Å². The number of unbranched alkanes of at least 4 members (excludes halogenated alkanes) is 1. The summed E-state index contributed by atoms with van der Waals surface area (Å²) in [5.74, 6) is 0.991. The zero-order chi connectivity index (χ0) is 10.4. The number of hydrogen-bond donors (Lipinski definition) is 1. The Morgan fingerprint density at radius 2 is 2.07 bits per heavy atom. The fourth-order valence-electron chi connectivity index (χ4n) is 2.06. The molecule has 14 heavy (non-hydrogen) atoms. The number of hydrogen-bond acceptors (Lipinski definition) is 2. The minimum atomic E-state index is 0.639. The lowest BCUT2D eigenvalue weighted by Crippen LogP contribution is -2.41. The molecule has 0 aromatic heterocycles. The second kappa shape index (κ2) is 6.41. The molecular weight excluding hydrogens is 172 g/mol. The Hall–Kier alpha value is -0.0800. The second-order valence-corrected chi connectivity index (χ2v) is 4.56. The highest BCUT2D eigenvalue weighted by Crippen LogP contribution is 2.30. The molecule has 1 fully saturated rings. The lowest BCUT2D eigenvalue weighted by molar-refractivity contribution is 0.190. The molecule has 2 heteroatoms. The predicted octanol–water partition coefficient (Wildman–Crippen LogP) is 2.24. The summed E-state index contributed by atoms with van der Waals surface area (Å²) in [6, 6.07) is 0.639. The fraction of sp³-hybridized carbons (Fsp3) is 1.00. The molecule has 0 aliphatic heterocycles. The Kier molecular flexibility index (Phi) is 5.49. The molecule has 1 unspecified atom stereocenters. The highest BCUT2D eigenvalue weighted by molar-refractivity contribution is 4.81. The van der Waals surface area contributed by atoms with Crippen molar-refractivity contribution in [2.24, 2.45) is 11.7 Å². The van der Waals surface area contributed by atoms with Crippen LogP contribution in [-0.2, 0) is 0 Å². The van der Waals surface area contributed by atoms with E-state index < -0.39 is 0 Å². The van der Waals surface area contributed by atoms with Crippen LogP contribution in [0.3, 0.4) is 0 Å². The van der Waals surface area contributed by atoms with E-state index in [9.17, 15) is 0 Å². The standard InChI is InChI=1S/C12H26N2/c1-3-5-6-12(9-13)14(4-2)10-11-7-8-11/h11-12H,3-10,13H2,1-2H3. The molecule has 2 nitrogen and oxygen atoms in total. The third-order valence-electron chi connectivity index (χ3n) is 3.28. The molecule has 1 rings (SSSR count). The van der Waals surface area contributed by atoms with Crippen molar-refractivity contribution in [3.05, 3.63) is 0 Å². The van der Waals surface area contributed by atoms with Gasteiger partial charge in [-0.25, -0.2) is 0 Å². The second-order valence-electron chi connectivity index (χ2n) is 4.56. The van der Waals surface area contributed by atoms with Crippen LogP contribution in [0.15, 0.2) is 0 Å². The van der Waals surface area contributed by atoms with E-state index in [1.807, 2.05) is 0 Å². The van der Waals surface area contributed by atoms with Gasteiger partial charge in [-0.05, 0) is 31.7 Å². The van der Waals surface area contributed by atoms with Gasteiger partial charge in [-0.3, -0.25) is 4.90 Å². The molecule has 0 amide bonds. The van der Waals surface area contributed by atoms with Gasteiger partial charge in [-0.2, -0.15) is 0 Å². The maximum absolute atomic E-state index is 5.84. The largest absolute Gasteiger partial charge is 0.329 e. The summed E-state index contributed by atoms with van der Waals surface area (Å²) >= 11 is 0. The van der Waals surface area contributed by atoms with Crippen LogP contribution in [0.2, 0.25) is 0 Å². The zero-order valence-corrected chi connectivity index (χ0v) is 9.84. The first-order valence-electron chi connectivity index (χ1n) is 6.25. The molecule has 0 heterocycles. The van der Waals surface area contributed by atoms with Gasteiger partial charge in [0.15, 0.2) is 0 Å². The summed E-state index contributed by atoms with van der Waals surface area (Å²) in [4.78, 5) is 2.59. The number of rotatable bonds is 8. The van der Waals surface area contributed by atoms with Gasteiger partial charge in [-0.15, -0.1) is 0 Å². The van der Waals surface area contributed by atoms with Gasteiger partial charge in [0.25, 0.3) is 0 Å². The molecule has 1 atom stereocenters. The van der Waals surface area contributed by atoms with Gasteiger partial charge in [0.2, 0.25) is 0 Å². The van der Waals surface area contributed by atoms with Crippen molar-refractivity contribution in [1.82, 2.24) is 4.90 Å². The number of nitrogens with two attached hydrogens (primary N) is 1. The van der Waals surface area contributed by atoms with Crippen LogP contribution in [0.1, 0.15) is 46.0 Å². The van der Waals surface area contributed by atoms with Gasteiger partial charge in [-0.1, -0.05) is 26.7 Å². The topological polar surface area (TPSA) is 29.3 Å². The van der Waals surface area contributed by atoms with Crippen LogP contribution in [0.25, 0.3) is 0 Å². The summed E-state index contributed by atoms with van der Waals surface area (Å²) in [5.41, 5.74) is 5.84. The Bertz CT molecular complexity index is 143. The Labute approximate surface area is 88.8 Å². The van der Waals surface area contributed by atoms with E-state index in [1.165, 1.54) is 45.2 Å². The summed E-state index contributed by atoms with van der Waals surface area (Å²) in [5, 5.41) is 0. The summed E-state index contributed by atoms with van der Waals surface area (Å²) in [7, 11) is 0. The van der Waals surface area contributed by atoms with Crippen molar-refractivity contribution in [3.63, 3.8) is 0 Å². The molecule has 84 valence electrons. The van der Waals surface area contributed by atoms with Crippen molar-refractivity contribution in [2.45, 2.75) is 52.0 Å². The van der Waals surface area contributed by atoms with E-state index >= 15 is 0 Å². The lowest BCUT2D eigenvalue weighted by Gasteiger charge is -2.29. The smallest absolute Gasteiger partial charge is 0.0218 e. The van der Waals surface area contributed by atoms with E-state index in [0.717, 1.165) is 12.5 Å². The van der Waals surface area contributed by atoms with Crippen molar-refractivity contribution < 1.29 is 0 Å². The molecule has 2 N–H and O–H groups in total. The molecule has 0 saturated heterocycles. The van der Waals surface area contributed by atoms with E-state index in [0.29, 0.717) is 6.04 Å². The van der Waals surface area contributed by atoms with Crippen LogP contribution >= 0.6 is 0 Å². The first kappa shape index (κ1) is 12.0. The highest BCUT2D eigenvalue weighted by atomic mass is 15.2. The maximum Gasteiger partial charge on any atom is 0.0218 e. The highest BCUT2D eigenvalue weighted by Gasteiger charge is 2.26. The molecule has 0 radical (unpaired) electrons. The molecule has 0 aromatic carbocycles. The molecule has 0 spiro atoms. The van der Waals surface area contributed by atoms with Gasteiger partial charge in [0, 0.05) is 19.1 Å². The van der Waals surface area contributed by atoms with Crippen molar-refractivity contribution >= 4 is 0 Å². The predicted molar refractivity (Wildman–Crippen MR) is 62.3 cm³/mol. The first-order chi connectivity index (χ1) is 6.81. The van der Waals surface area contributed by atoms with Crippen LogP contribution in [0.4, 0.5) is 0 Å². The Morgan fingerprint density at radius 3 is 2.50 bits per heavy atom. The quantitative estimate of drug-likeness (QED) is 0.648. The average molecular weight is 198 g/mol. The minimum Gasteiger partial charge on any atom is -0.329 e. The molecule has 0 bridgehead atoms. The van der Waals surface area contributed by atoms with E-state index in [4.69, 9.17) is 5.73 Å². The third kappa shape index (κ3) is 3.97. The molecule has 1 saturated carbocycles. The number of likely N-dealkylation sites (N-methyl/N-ethyl adjacent to an activating group) is 1.